The minimum atomic E-state index is 0.0511. The Bertz CT molecular complexity index is 407. The van der Waals surface area contributed by atoms with Crippen molar-refractivity contribution in [1.82, 2.24) is 10.6 Å². The second-order valence-corrected chi connectivity index (χ2v) is 5.06. The molecule has 112 valence electrons. The first-order valence-electron chi connectivity index (χ1n) is 7.23. The van der Waals surface area contributed by atoms with Crippen molar-refractivity contribution in [3.05, 3.63) is 35.4 Å². The van der Waals surface area contributed by atoms with Gasteiger partial charge in [0.2, 0.25) is 5.91 Å². The Hall–Kier alpha value is -1.39. The number of ether oxygens (including phenoxy) is 1. The van der Waals surface area contributed by atoms with E-state index >= 15 is 0 Å². The predicted octanol–water partition coefficient (Wildman–Crippen LogP) is 2.23. The summed E-state index contributed by atoms with van der Waals surface area (Å²) in [4.78, 5) is 11.7. The third-order valence-corrected chi connectivity index (χ3v) is 3.15. The maximum atomic E-state index is 11.7. The highest BCUT2D eigenvalue weighted by Crippen LogP contribution is 2.09. The van der Waals surface area contributed by atoms with Crippen molar-refractivity contribution >= 4 is 5.91 Å². The molecule has 0 bridgehead atoms. The molecule has 0 spiro atoms. The fourth-order valence-electron chi connectivity index (χ4n) is 2.17. The molecule has 1 aromatic rings. The molecule has 0 aliphatic carbocycles. The molecule has 1 atom stereocenters. The second kappa shape index (κ2) is 9.50. The molecule has 0 fully saturated rings. The summed E-state index contributed by atoms with van der Waals surface area (Å²) in [6.45, 7) is 5.77. The number of nitrogens with one attached hydrogen (secondary N) is 2. The van der Waals surface area contributed by atoms with Gasteiger partial charge in [-0.05, 0) is 24.5 Å². The summed E-state index contributed by atoms with van der Waals surface area (Å²) < 4.78 is 5.17. The summed E-state index contributed by atoms with van der Waals surface area (Å²) in [6.07, 6.45) is 2.10. The number of rotatable bonds is 9. The number of carbonyl (C=O) groups is 1. The molecule has 0 saturated carbocycles. The van der Waals surface area contributed by atoms with Crippen molar-refractivity contribution in [1.29, 1.82) is 0 Å². The zero-order chi connectivity index (χ0) is 14.8. The van der Waals surface area contributed by atoms with E-state index < -0.39 is 0 Å². The van der Waals surface area contributed by atoms with Gasteiger partial charge in [-0.25, -0.2) is 0 Å². The van der Waals surface area contributed by atoms with Gasteiger partial charge in [0.1, 0.15) is 0 Å². The molecule has 1 rings (SSSR count). The van der Waals surface area contributed by atoms with E-state index in [1.807, 2.05) is 25.1 Å². The smallest absolute Gasteiger partial charge is 0.234 e. The van der Waals surface area contributed by atoms with Gasteiger partial charge in [0.05, 0.1) is 13.2 Å². The highest BCUT2D eigenvalue weighted by molar-refractivity contribution is 5.78. The van der Waals surface area contributed by atoms with Crippen LogP contribution in [0.2, 0.25) is 0 Å². The number of hydrogen-bond acceptors (Lipinski definition) is 3. The molecule has 0 aromatic heterocycles. The maximum absolute atomic E-state index is 11.7. The number of benzene rings is 1. The Morgan fingerprint density at radius 2 is 2.00 bits per heavy atom. The summed E-state index contributed by atoms with van der Waals surface area (Å²) in [5, 5.41) is 6.16. The Morgan fingerprint density at radius 1 is 1.30 bits per heavy atom. The monoisotopic (exact) mass is 278 g/mol. The van der Waals surface area contributed by atoms with Crippen molar-refractivity contribution in [3.8, 4) is 0 Å². The van der Waals surface area contributed by atoms with Crippen LogP contribution in [0, 0.1) is 0 Å². The second-order valence-electron chi connectivity index (χ2n) is 5.06. The molecule has 1 amide bonds. The molecule has 4 heteroatoms. The summed E-state index contributed by atoms with van der Waals surface area (Å²) in [5.74, 6) is 0.0511. The highest BCUT2D eigenvalue weighted by Gasteiger charge is 2.06. The molecular weight excluding hydrogens is 252 g/mol. The van der Waals surface area contributed by atoms with Crippen LogP contribution in [0.1, 0.15) is 37.8 Å². The lowest BCUT2D eigenvalue weighted by molar-refractivity contribution is -0.120. The number of hydrogen-bond donors (Lipinski definition) is 2. The van der Waals surface area contributed by atoms with Gasteiger partial charge >= 0.3 is 0 Å². The number of carbonyl (C=O) groups excluding carboxylic acids is 1. The zero-order valence-corrected chi connectivity index (χ0v) is 12.7. The third kappa shape index (κ3) is 6.17. The van der Waals surface area contributed by atoms with E-state index in [4.69, 9.17) is 4.74 Å². The van der Waals surface area contributed by atoms with Crippen LogP contribution in [-0.4, -0.2) is 25.6 Å². The summed E-state index contributed by atoms with van der Waals surface area (Å²) in [6, 6.07) is 8.34. The normalized spacial score (nSPS) is 12.2. The first-order valence-corrected chi connectivity index (χ1v) is 7.23. The highest BCUT2D eigenvalue weighted by atomic mass is 16.5. The van der Waals surface area contributed by atoms with Gasteiger partial charge < -0.3 is 15.4 Å². The Kier molecular flexibility index (Phi) is 7.92. The van der Waals surface area contributed by atoms with Gasteiger partial charge in [0.15, 0.2) is 0 Å². The first-order chi connectivity index (χ1) is 9.67. The van der Waals surface area contributed by atoms with E-state index in [0.29, 0.717) is 19.7 Å². The van der Waals surface area contributed by atoms with Crippen LogP contribution in [-0.2, 0) is 22.7 Å². The van der Waals surface area contributed by atoms with Gasteiger partial charge in [-0.15, -0.1) is 0 Å². The molecule has 0 aliphatic heterocycles. The van der Waals surface area contributed by atoms with E-state index in [2.05, 4.69) is 23.6 Å². The van der Waals surface area contributed by atoms with Gasteiger partial charge in [0.25, 0.3) is 0 Å². The number of methoxy groups -OCH3 is 1. The summed E-state index contributed by atoms with van der Waals surface area (Å²) in [5.41, 5.74) is 2.33. The van der Waals surface area contributed by atoms with E-state index in [1.54, 1.807) is 7.11 Å². The minimum Gasteiger partial charge on any atom is -0.380 e. The van der Waals surface area contributed by atoms with Crippen molar-refractivity contribution in [2.24, 2.45) is 0 Å². The lowest BCUT2D eigenvalue weighted by Crippen LogP contribution is -2.38. The minimum absolute atomic E-state index is 0.0511. The van der Waals surface area contributed by atoms with Crippen LogP contribution in [0.15, 0.2) is 24.3 Å². The lowest BCUT2D eigenvalue weighted by atomic mass is 10.1. The van der Waals surface area contributed by atoms with E-state index in [-0.39, 0.29) is 11.9 Å². The zero-order valence-electron chi connectivity index (χ0n) is 12.7. The average molecular weight is 278 g/mol. The van der Waals surface area contributed by atoms with Crippen LogP contribution in [0.25, 0.3) is 0 Å². The molecular formula is C16H26N2O2. The fourth-order valence-corrected chi connectivity index (χ4v) is 2.17. The molecule has 1 aromatic carbocycles. The molecule has 0 radical (unpaired) electrons. The van der Waals surface area contributed by atoms with Crippen molar-refractivity contribution in [2.75, 3.05) is 13.7 Å². The van der Waals surface area contributed by atoms with Crippen LogP contribution in [0.3, 0.4) is 0 Å². The molecule has 0 heterocycles. The van der Waals surface area contributed by atoms with Crippen LogP contribution in [0.5, 0.6) is 0 Å². The standard InChI is InChI=1S/C16H26N2O2/c1-4-7-13(2)18-16(19)11-17-10-14-8-5-6-9-15(14)12-20-3/h5-6,8-9,13,17H,4,7,10-12H2,1-3H3,(H,18,19). The third-order valence-electron chi connectivity index (χ3n) is 3.15. The quantitative estimate of drug-likeness (QED) is 0.728. The molecule has 0 saturated heterocycles. The van der Waals surface area contributed by atoms with Crippen LogP contribution in [0.4, 0.5) is 0 Å². The Labute approximate surface area is 121 Å². The van der Waals surface area contributed by atoms with E-state index in [1.165, 1.54) is 5.56 Å². The van der Waals surface area contributed by atoms with Gasteiger partial charge in [-0.3, -0.25) is 4.79 Å². The molecule has 20 heavy (non-hydrogen) atoms. The van der Waals surface area contributed by atoms with Gasteiger partial charge in [-0.2, -0.15) is 0 Å². The molecule has 1 unspecified atom stereocenters. The van der Waals surface area contributed by atoms with Gasteiger partial charge in [0, 0.05) is 19.7 Å². The largest absolute Gasteiger partial charge is 0.380 e. The van der Waals surface area contributed by atoms with Crippen molar-refractivity contribution in [3.63, 3.8) is 0 Å². The van der Waals surface area contributed by atoms with Crippen LogP contribution < -0.4 is 10.6 Å². The Morgan fingerprint density at radius 3 is 2.65 bits per heavy atom. The molecule has 4 nitrogen and oxygen atoms in total. The maximum Gasteiger partial charge on any atom is 0.234 e. The first kappa shape index (κ1) is 16.7. The predicted molar refractivity (Wildman–Crippen MR) is 81.4 cm³/mol. The Balaban J connectivity index is 2.35. The van der Waals surface area contributed by atoms with E-state index in [0.717, 1.165) is 18.4 Å². The van der Waals surface area contributed by atoms with Crippen molar-refractivity contribution < 1.29 is 9.53 Å². The summed E-state index contributed by atoms with van der Waals surface area (Å²) >= 11 is 0. The van der Waals surface area contributed by atoms with Gasteiger partial charge in [-0.1, -0.05) is 37.6 Å². The molecule has 2 N–H and O–H groups in total. The number of amides is 1. The lowest BCUT2D eigenvalue weighted by Gasteiger charge is -2.14. The average Bonchev–Trinajstić information content (AvgIpc) is 2.41. The van der Waals surface area contributed by atoms with Crippen LogP contribution >= 0.6 is 0 Å². The molecule has 0 aliphatic rings. The topological polar surface area (TPSA) is 50.4 Å². The summed E-state index contributed by atoms with van der Waals surface area (Å²) in [7, 11) is 1.69. The van der Waals surface area contributed by atoms with E-state index in [9.17, 15) is 4.79 Å². The van der Waals surface area contributed by atoms with Crippen molar-refractivity contribution in [2.45, 2.75) is 45.9 Å². The fraction of sp³-hybridized carbons (Fsp3) is 0.562. The SMILES string of the molecule is CCCC(C)NC(=O)CNCc1ccccc1COC.